The number of fused-ring (bicyclic) bond motifs is 3. The number of aromatic nitrogens is 2. The van der Waals surface area contributed by atoms with Crippen LogP contribution in [-0.4, -0.2) is 56.2 Å². The summed E-state index contributed by atoms with van der Waals surface area (Å²) in [4.78, 5) is 53.2. The molecule has 2 aromatic carbocycles. The van der Waals surface area contributed by atoms with Crippen LogP contribution >= 0.6 is 0 Å². The minimum Gasteiger partial charge on any atom is -0.444 e. The molecule has 3 atom stereocenters. The van der Waals surface area contributed by atoms with E-state index in [1.54, 1.807) is 69.0 Å². The van der Waals surface area contributed by atoms with Gasteiger partial charge in [0.25, 0.3) is 5.91 Å². The van der Waals surface area contributed by atoms with E-state index in [1.807, 2.05) is 0 Å². The van der Waals surface area contributed by atoms with Crippen molar-refractivity contribution in [3.63, 3.8) is 0 Å². The van der Waals surface area contributed by atoms with E-state index in [9.17, 15) is 23.6 Å². The number of anilines is 1. The number of nitrogens with one attached hydrogen (secondary N) is 2. The molecule has 0 spiro atoms. The molecule has 12 heteroatoms. The minimum atomic E-state index is -0.764. The van der Waals surface area contributed by atoms with Gasteiger partial charge in [0.1, 0.15) is 24.0 Å². The molecule has 1 saturated heterocycles. The number of carbonyl (C=O) groups is 4. The number of nitrogens with zero attached hydrogens (tertiary/aromatic N) is 3. The van der Waals surface area contributed by atoms with E-state index in [0.717, 1.165) is 12.8 Å². The van der Waals surface area contributed by atoms with E-state index in [2.05, 4.69) is 15.7 Å². The Kier molecular flexibility index (Phi) is 7.65. The molecule has 4 N–H and O–H groups in total. The highest BCUT2D eigenvalue weighted by atomic mass is 19.1. The number of likely N-dealkylation sites (tertiary alicyclic amines) is 1. The van der Waals surface area contributed by atoms with Crippen molar-refractivity contribution < 1.29 is 28.3 Å². The summed E-state index contributed by atoms with van der Waals surface area (Å²) in [6, 6.07) is 8.99. The lowest BCUT2D eigenvalue weighted by Gasteiger charge is -2.34. The van der Waals surface area contributed by atoms with Crippen LogP contribution < -0.4 is 16.4 Å². The number of benzene rings is 2. The predicted molar refractivity (Wildman–Crippen MR) is 153 cm³/mol. The molecule has 1 saturated carbocycles. The summed E-state index contributed by atoms with van der Waals surface area (Å²) in [5.74, 6) is -1.80. The van der Waals surface area contributed by atoms with Crippen molar-refractivity contribution in [2.75, 3.05) is 5.32 Å². The third-order valence-corrected chi connectivity index (χ3v) is 7.78. The van der Waals surface area contributed by atoms with E-state index in [-0.39, 0.29) is 48.4 Å². The van der Waals surface area contributed by atoms with Gasteiger partial charge in [0.05, 0.1) is 5.52 Å². The lowest BCUT2D eigenvalue weighted by Crippen LogP contribution is -2.53. The third kappa shape index (κ3) is 5.79. The van der Waals surface area contributed by atoms with Crippen molar-refractivity contribution in [3.05, 3.63) is 59.0 Å². The van der Waals surface area contributed by atoms with E-state index >= 15 is 0 Å². The zero-order chi connectivity index (χ0) is 30.3. The highest BCUT2D eigenvalue weighted by Crippen LogP contribution is 2.43. The van der Waals surface area contributed by atoms with Gasteiger partial charge in [0, 0.05) is 29.2 Å². The number of rotatable bonds is 7. The maximum absolute atomic E-state index is 14.5. The first-order valence-electron chi connectivity index (χ1n) is 14.0. The highest BCUT2D eigenvalue weighted by Gasteiger charge is 2.51. The van der Waals surface area contributed by atoms with Gasteiger partial charge >= 0.3 is 6.09 Å². The van der Waals surface area contributed by atoms with Gasteiger partial charge in [0.2, 0.25) is 11.8 Å². The summed E-state index contributed by atoms with van der Waals surface area (Å²) in [7, 11) is 0. The molecule has 4 amide bonds. The normalized spacial score (nSPS) is 19.6. The van der Waals surface area contributed by atoms with E-state index < -0.39 is 23.6 Å². The number of amides is 4. The Morgan fingerprint density at radius 2 is 1.90 bits per heavy atom. The molecule has 5 rings (SSSR count). The molecule has 2 fully saturated rings. The van der Waals surface area contributed by atoms with Crippen LogP contribution in [0.4, 0.5) is 14.9 Å². The minimum absolute atomic E-state index is 0.00137. The number of piperidine rings is 1. The number of hydrogen-bond donors (Lipinski definition) is 3. The summed E-state index contributed by atoms with van der Waals surface area (Å²) >= 11 is 0. The van der Waals surface area contributed by atoms with Crippen molar-refractivity contribution in [1.29, 1.82) is 0 Å². The number of aryl methyl sites for hydroxylation is 1. The summed E-state index contributed by atoms with van der Waals surface area (Å²) in [5.41, 5.74) is 6.50. The van der Waals surface area contributed by atoms with Gasteiger partial charge in [-0.05, 0) is 76.6 Å². The topological polar surface area (TPSA) is 149 Å². The molecule has 2 bridgehead atoms. The standard InChI is InChI=1S/C30H35FN6O5/c1-16-6-5-7-18(24(16)31)14-33-28(40)26-17-8-10-20(12-17)37(26)23(38)15-36-22-13-19(34-29(41)42-30(2,3)4)9-11-21(22)25(35-36)27(32)39/h5-7,9,11,13,17,20,26H,8,10,12,14-15H2,1-4H3,(H2,32,39)(H,33,40)(H,34,41)/t17-,20+,26-/m0/s1. The smallest absolute Gasteiger partial charge is 0.412 e. The summed E-state index contributed by atoms with van der Waals surface area (Å²) < 4.78 is 21.2. The number of halogens is 1. The quantitative estimate of drug-likeness (QED) is 0.390. The highest BCUT2D eigenvalue weighted by molar-refractivity contribution is 6.05. The maximum atomic E-state index is 14.5. The molecular formula is C30H35FN6O5. The van der Waals surface area contributed by atoms with Gasteiger partial charge in [-0.3, -0.25) is 24.4 Å². The van der Waals surface area contributed by atoms with Gasteiger partial charge in [-0.25, -0.2) is 9.18 Å². The zero-order valence-corrected chi connectivity index (χ0v) is 24.1. The summed E-state index contributed by atoms with van der Waals surface area (Å²) in [6.07, 6.45) is 1.65. The molecule has 0 radical (unpaired) electrons. The fourth-order valence-electron chi connectivity index (χ4n) is 6.00. The van der Waals surface area contributed by atoms with Crippen LogP contribution in [0.2, 0.25) is 0 Å². The molecule has 1 aromatic heterocycles. The van der Waals surface area contributed by atoms with E-state index in [1.165, 1.54) is 4.68 Å². The fraction of sp³-hybridized carbons (Fsp3) is 0.433. The van der Waals surface area contributed by atoms with Crippen molar-refractivity contribution in [2.24, 2.45) is 11.7 Å². The van der Waals surface area contributed by atoms with Crippen LogP contribution in [-0.2, 0) is 27.4 Å². The Morgan fingerprint density at radius 3 is 2.62 bits per heavy atom. The van der Waals surface area contributed by atoms with Crippen molar-refractivity contribution in [1.82, 2.24) is 20.0 Å². The first-order valence-corrected chi connectivity index (χ1v) is 14.0. The molecule has 1 aliphatic carbocycles. The summed E-state index contributed by atoms with van der Waals surface area (Å²) in [5, 5.41) is 10.2. The molecule has 2 heterocycles. The van der Waals surface area contributed by atoms with Gasteiger partial charge in [-0.2, -0.15) is 5.10 Å². The van der Waals surface area contributed by atoms with Crippen LogP contribution in [0.3, 0.4) is 0 Å². The third-order valence-electron chi connectivity index (χ3n) is 7.78. The predicted octanol–water partition coefficient (Wildman–Crippen LogP) is 3.63. The van der Waals surface area contributed by atoms with Crippen LogP contribution in [0.25, 0.3) is 10.9 Å². The Morgan fingerprint density at radius 1 is 1.14 bits per heavy atom. The van der Waals surface area contributed by atoms with Gasteiger partial charge in [-0.15, -0.1) is 0 Å². The molecular weight excluding hydrogens is 543 g/mol. The molecule has 11 nitrogen and oxygen atoms in total. The first-order chi connectivity index (χ1) is 19.8. The number of hydrogen-bond acceptors (Lipinski definition) is 6. The Labute approximate surface area is 242 Å². The number of carbonyl (C=O) groups excluding carboxylic acids is 4. The SMILES string of the molecule is Cc1cccc(CNC(=O)[C@@H]2[C@H]3CC[C@H](C3)N2C(=O)Cn2nc(C(N)=O)c3ccc(NC(=O)OC(C)(C)C)cc32)c1F. The molecule has 0 unspecified atom stereocenters. The lowest BCUT2D eigenvalue weighted by molar-refractivity contribution is -0.143. The molecule has 2 aliphatic rings. The van der Waals surface area contributed by atoms with Gasteiger partial charge in [0.15, 0.2) is 5.69 Å². The zero-order valence-electron chi connectivity index (χ0n) is 24.1. The summed E-state index contributed by atoms with van der Waals surface area (Å²) in [6.45, 7) is 6.66. The largest absolute Gasteiger partial charge is 0.444 e. The molecule has 1 aliphatic heterocycles. The molecule has 3 aromatic rings. The van der Waals surface area contributed by atoms with Crippen molar-refractivity contribution in [2.45, 2.75) is 77.7 Å². The second-order valence-electron chi connectivity index (χ2n) is 12.0. The monoisotopic (exact) mass is 578 g/mol. The number of primary amides is 1. The average Bonchev–Trinajstić information content (AvgIpc) is 3.62. The van der Waals surface area contributed by atoms with Crippen molar-refractivity contribution in [3.8, 4) is 0 Å². The fourth-order valence-corrected chi connectivity index (χ4v) is 6.00. The Bertz CT molecular complexity index is 1580. The molecule has 42 heavy (non-hydrogen) atoms. The van der Waals surface area contributed by atoms with Gasteiger partial charge in [-0.1, -0.05) is 18.2 Å². The second kappa shape index (κ2) is 11.1. The lowest BCUT2D eigenvalue weighted by atomic mass is 9.97. The number of nitrogens with two attached hydrogens (primary N) is 1. The van der Waals surface area contributed by atoms with Crippen LogP contribution in [0.15, 0.2) is 36.4 Å². The van der Waals surface area contributed by atoms with E-state index in [0.29, 0.717) is 34.1 Å². The van der Waals surface area contributed by atoms with Crippen LogP contribution in [0.5, 0.6) is 0 Å². The second-order valence-corrected chi connectivity index (χ2v) is 12.0. The molecule has 222 valence electrons. The van der Waals surface area contributed by atoms with Crippen molar-refractivity contribution >= 4 is 40.4 Å². The maximum Gasteiger partial charge on any atom is 0.412 e. The Hall–Kier alpha value is -4.48. The average molecular weight is 579 g/mol. The first kappa shape index (κ1) is 29.0. The number of ether oxygens (including phenoxy) is 1. The van der Waals surface area contributed by atoms with Crippen LogP contribution in [0, 0.1) is 18.7 Å². The van der Waals surface area contributed by atoms with Crippen LogP contribution in [0.1, 0.15) is 61.6 Å². The Balaban J connectivity index is 1.37. The van der Waals surface area contributed by atoms with Gasteiger partial charge < -0.3 is 20.7 Å². The van der Waals surface area contributed by atoms with E-state index in [4.69, 9.17) is 10.5 Å².